The summed E-state index contributed by atoms with van der Waals surface area (Å²) < 4.78 is 45.6. The summed E-state index contributed by atoms with van der Waals surface area (Å²) >= 11 is 0. The molecule has 8 heteroatoms. The predicted molar refractivity (Wildman–Crippen MR) is 124 cm³/mol. The van der Waals surface area contributed by atoms with Gasteiger partial charge in [-0.25, -0.2) is 4.98 Å². The second-order valence-electron chi connectivity index (χ2n) is 8.31. The lowest BCUT2D eigenvalue weighted by Crippen LogP contribution is -2.12. The summed E-state index contributed by atoms with van der Waals surface area (Å²) in [5.41, 5.74) is 0.915. The largest absolute Gasteiger partial charge is 0.416 e. The molecule has 4 rings (SSSR count). The molecule has 0 spiro atoms. The van der Waals surface area contributed by atoms with Crippen LogP contribution in [0.2, 0.25) is 0 Å². The van der Waals surface area contributed by atoms with Crippen LogP contribution in [0.1, 0.15) is 43.4 Å². The molecular weight excluding hydrogens is 443 g/mol. The number of aromatic nitrogens is 2. The van der Waals surface area contributed by atoms with E-state index >= 15 is 0 Å². The van der Waals surface area contributed by atoms with Gasteiger partial charge in [0.25, 0.3) is 0 Å². The first kappa shape index (κ1) is 25.2. The molecule has 178 valence electrons. The fraction of sp³-hybridized carbons (Fsp3) is 0.346. The summed E-state index contributed by atoms with van der Waals surface area (Å²) in [7, 11) is 0. The third kappa shape index (κ3) is 6.55. The Morgan fingerprint density at radius 1 is 1.26 bits per heavy atom. The highest BCUT2D eigenvalue weighted by atomic mass is 19.4. The van der Waals surface area contributed by atoms with Crippen molar-refractivity contribution in [1.82, 2.24) is 9.55 Å². The Kier molecular flexibility index (Phi) is 8.24. The third-order valence-electron chi connectivity index (χ3n) is 5.58. The zero-order chi connectivity index (χ0) is 24.7. The molecule has 0 unspecified atom stereocenters. The Morgan fingerprint density at radius 2 is 2.00 bits per heavy atom. The topological polar surface area (TPSA) is 67.9 Å². The summed E-state index contributed by atoms with van der Waals surface area (Å²) in [6.07, 6.45) is 2.84. The molecule has 5 nitrogen and oxygen atoms in total. The van der Waals surface area contributed by atoms with E-state index in [1.165, 1.54) is 31.9 Å². The highest BCUT2D eigenvalue weighted by Crippen LogP contribution is 2.30. The van der Waals surface area contributed by atoms with E-state index < -0.39 is 11.7 Å². The van der Waals surface area contributed by atoms with Crippen molar-refractivity contribution in [2.45, 2.75) is 39.4 Å². The van der Waals surface area contributed by atoms with Gasteiger partial charge in [0.05, 0.1) is 11.1 Å². The molecule has 3 heterocycles. The van der Waals surface area contributed by atoms with Crippen LogP contribution in [0.5, 0.6) is 0 Å². The van der Waals surface area contributed by atoms with E-state index in [0.717, 1.165) is 31.3 Å². The molecule has 3 aromatic rings. The molecule has 0 aliphatic carbocycles. The zero-order valence-electron chi connectivity index (χ0n) is 19.1. The lowest BCUT2D eigenvalue weighted by molar-refractivity contribution is -0.137. The molecule has 0 N–H and O–H groups in total. The van der Waals surface area contributed by atoms with E-state index in [2.05, 4.69) is 11.9 Å². The summed E-state index contributed by atoms with van der Waals surface area (Å²) in [6, 6.07) is 10.4. The average Bonchev–Trinajstić information content (AvgIpc) is 3.15. The van der Waals surface area contributed by atoms with Crippen LogP contribution in [0.4, 0.5) is 13.2 Å². The number of carbonyl (C=O) groups excluding carboxylic acids is 1. The molecule has 1 aromatic carbocycles. The minimum atomic E-state index is -4.41. The van der Waals surface area contributed by atoms with Crippen molar-refractivity contribution in [3.05, 3.63) is 71.1 Å². The maximum Gasteiger partial charge on any atom is 0.416 e. The number of benzene rings is 1. The first-order chi connectivity index (χ1) is 16.2. The first-order valence-electron chi connectivity index (χ1n) is 11.0. The number of hydrogen-bond donors (Lipinski definition) is 0. The van der Waals surface area contributed by atoms with Crippen LogP contribution in [0.25, 0.3) is 17.1 Å². The number of hydrogen-bond acceptors (Lipinski definition) is 4. The van der Waals surface area contributed by atoms with Gasteiger partial charge in [-0.3, -0.25) is 4.79 Å². The molecule has 0 atom stereocenters. The molecule has 0 saturated carbocycles. The molecule has 0 bridgehead atoms. The number of allylic oxidation sites excluding steroid dienone is 1. The van der Waals surface area contributed by atoms with Crippen LogP contribution in [0.3, 0.4) is 0 Å². The number of carbonyl (C=O) groups is 1. The van der Waals surface area contributed by atoms with Gasteiger partial charge in [0.1, 0.15) is 11.7 Å². The SMILES string of the molecule is CC(=O)/C(C#N)=C/c1cn(Cc2cccc(C(F)(F)F)c2)c2ncccc12.CC1CCOCC1. The Morgan fingerprint density at radius 3 is 2.59 bits per heavy atom. The van der Waals surface area contributed by atoms with Crippen LogP contribution in [-0.4, -0.2) is 28.5 Å². The molecular formula is C26H26F3N3O2. The van der Waals surface area contributed by atoms with Crippen molar-refractivity contribution in [1.29, 1.82) is 5.26 Å². The highest BCUT2D eigenvalue weighted by Gasteiger charge is 2.30. The lowest BCUT2D eigenvalue weighted by atomic mass is 10.0. The van der Waals surface area contributed by atoms with E-state index in [1.54, 1.807) is 35.2 Å². The molecule has 0 amide bonds. The van der Waals surface area contributed by atoms with E-state index in [1.807, 2.05) is 6.07 Å². The smallest absolute Gasteiger partial charge is 0.381 e. The minimum absolute atomic E-state index is 0.00280. The number of rotatable bonds is 4. The molecule has 34 heavy (non-hydrogen) atoms. The Labute approximate surface area is 196 Å². The number of pyridine rings is 1. The predicted octanol–water partition coefficient (Wildman–Crippen LogP) is 6.03. The van der Waals surface area contributed by atoms with Gasteiger partial charge in [-0.15, -0.1) is 0 Å². The normalized spacial score (nSPS) is 14.9. The van der Waals surface area contributed by atoms with E-state index in [4.69, 9.17) is 10.00 Å². The van der Waals surface area contributed by atoms with Crippen molar-refractivity contribution < 1.29 is 22.7 Å². The van der Waals surface area contributed by atoms with Gasteiger partial charge in [0, 0.05) is 43.1 Å². The summed E-state index contributed by atoms with van der Waals surface area (Å²) in [5.74, 6) is 0.550. The van der Waals surface area contributed by atoms with Crippen molar-refractivity contribution >= 4 is 22.9 Å². The van der Waals surface area contributed by atoms with Gasteiger partial charge in [0.2, 0.25) is 0 Å². The van der Waals surface area contributed by atoms with Crippen molar-refractivity contribution in [3.8, 4) is 6.07 Å². The number of fused-ring (bicyclic) bond motifs is 1. The Hall–Kier alpha value is -3.44. The summed E-state index contributed by atoms with van der Waals surface area (Å²) in [5, 5.41) is 9.82. The van der Waals surface area contributed by atoms with Crippen LogP contribution >= 0.6 is 0 Å². The third-order valence-corrected chi connectivity index (χ3v) is 5.58. The van der Waals surface area contributed by atoms with Gasteiger partial charge in [-0.05, 0) is 61.6 Å². The number of nitriles is 1. The van der Waals surface area contributed by atoms with Gasteiger partial charge in [-0.1, -0.05) is 19.1 Å². The van der Waals surface area contributed by atoms with Gasteiger partial charge in [0.15, 0.2) is 5.78 Å². The second-order valence-corrected chi connectivity index (χ2v) is 8.31. The quantitative estimate of drug-likeness (QED) is 0.346. The van der Waals surface area contributed by atoms with Crippen molar-refractivity contribution in [2.24, 2.45) is 5.92 Å². The number of Topliss-reactive ketones (excluding diaryl/α,β-unsaturated/α-hetero) is 1. The molecule has 1 aliphatic rings. The number of alkyl halides is 3. The second kappa shape index (κ2) is 11.1. The van der Waals surface area contributed by atoms with Crippen molar-refractivity contribution in [3.63, 3.8) is 0 Å². The highest BCUT2D eigenvalue weighted by molar-refractivity contribution is 6.03. The maximum atomic E-state index is 12.9. The number of ketones is 1. The Bertz CT molecular complexity index is 1220. The maximum absolute atomic E-state index is 12.9. The zero-order valence-corrected chi connectivity index (χ0v) is 19.1. The first-order valence-corrected chi connectivity index (χ1v) is 11.0. The van der Waals surface area contributed by atoms with Gasteiger partial charge < -0.3 is 9.30 Å². The van der Waals surface area contributed by atoms with Crippen LogP contribution in [0, 0.1) is 17.2 Å². The minimum Gasteiger partial charge on any atom is -0.381 e. The van der Waals surface area contributed by atoms with E-state index in [-0.39, 0.29) is 17.9 Å². The average molecular weight is 470 g/mol. The lowest BCUT2D eigenvalue weighted by Gasteiger charge is -2.16. The Balaban J connectivity index is 0.000000396. The molecule has 1 fully saturated rings. The van der Waals surface area contributed by atoms with Crippen LogP contribution in [-0.2, 0) is 22.3 Å². The van der Waals surface area contributed by atoms with E-state index in [0.29, 0.717) is 22.2 Å². The van der Waals surface area contributed by atoms with Gasteiger partial charge >= 0.3 is 6.18 Å². The van der Waals surface area contributed by atoms with E-state index in [9.17, 15) is 18.0 Å². The van der Waals surface area contributed by atoms with Crippen molar-refractivity contribution in [2.75, 3.05) is 13.2 Å². The molecule has 0 radical (unpaired) electrons. The van der Waals surface area contributed by atoms with Crippen LogP contribution in [0.15, 0.2) is 54.4 Å². The molecule has 1 saturated heterocycles. The molecule has 1 aliphatic heterocycles. The standard InChI is InChI=1S/C20H14F3N3O.C6H12O/c1-13(27)15(10-24)9-16-12-26(19-18(16)6-3-7-25-19)11-14-4-2-5-17(8-14)20(21,22)23;1-6-2-4-7-5-3-6/h2-9,12H,11H2,1H3;6H,2-5H2,1H3/b15-9+;. The summed E-state index contributed by atoms with van der Waals surface area (Å²) in [6.45, 7) is 5.73. The van der Waals surface area contributed by atoms with Crippen LogP contribution < -0.4 is 0 Å². The molecule has 2 aromatic heterocycles. The fourth-order valence-corrected chi connectivity index (χ4v) is 3.61. The number of ether oxygens (including phenoxy) is 1. The monoisotopic (exact) mass is 469 g/mol. The number of nitrogens with zero attached hydrogens (tertiary/aromatic N) is 3. The number of halogens is 3. The van der Waals surface area contributed by atoms with Gasteiger partial charge in [-0.2, -0.15) is 18.4 Å². The summed E-state index contributed by atoms with van der Waals surface area (Å²) in [4.78, 5) is 15.8. The fourth-order valence-electron chi connectivity index (χ4n) is 3.61.